The maximum absolute atomic E-state index is 12.7. The van der Waals surface area contributed by atoms with Gasteiger partial charge < -0.3 is 10.1 Å². The first-order valence-electron chi connectivity index (χ1n) is 9.15. The van der Waals surface area contributed by atoms with Crippen molar-refractivity contribution in [2.75, 3.05) is 6.54 Å². The van der Waals surface area contributed by atoms with E-state index in [1.54, 1.807) is 36.4 Å². The Morgan fingerprint density at radius 3 is 2.37 bits per heavy atom. The van der Waals surface area contributed by atoms with Crippen LogP contribution in [0.4, 0.5) is 8.78 Å². The predicted octanol–water partition coefficient (Wildman–Crippen LogP) is 5.28. The normalized spacial score (nSPS) is 10.5. The van der Waals surface area contributed by atoms with Gasteiger partial charge in [0.05, 0.1) is 11.1 Å². The van der Waals surface area contributed by atoms with Gasteiger partial charge in [-0.2, -0.15) is 14.0 Å². The van der Waals surface area contributed by atoms with E-state index in [0.717, 1.165) is 15.4 Å². The molecular weight excluding hydrogens is 406 g/mol. The van der Waals surface area contributed by atoms with E-state index in [1.165, 1.54) is 23.9 Å². The predicted molar refractivity (Wildman–Crippen MR) is 111 cm³/mol. The molecule has 3 rings (SSSR count). The molecule has 0 bridgehead atoms. The number of carbonyl (C=O) groups is 1. The summed E-state index contributed by atoms with van der Waals surface area (Å²) in [4.78, 5) is 14.2. The second-order valence-corrected chi connectivity index (χ2v) is 7.32. The highest BCUT2D eigenvalue weighted by atomic mass is 32.2. The van der Waals surface area contributed by atoms with E-state index in [0.29, 0.717) is 24.1 Å². The molecule has 0 saturated heterocycles. The van der Waals surface area contributed by atoms with E-state index < -0.39 is 6.61 Å². The number of halogens is 2. The van der Waals surface area contributed by atoms with Crippen LogP contribution in [0.25, 0.3) is 0 Å². The lowest BCUT2D eigenvalue weighted by atomic mass is 10.1. The number of benzene rings is 3. The quantitative estimate of drug-likeness (QED) is 0.534. The standard InChI is InChI=1S/C23H18F2N2O2S/c24-23(25)29-18-11-9-16(10-12-18)13-14-27-22(28)19-6-2-4-8-21(19)30-20-7-3-1-5-17(20)15-26/h1-12,23H,13-14H2,(H,27,28). The van der Waals surface area contributed by atoms with Gasteiger partial charge in [0.1, 0.15) is 11.8 Å². The average molecular weight is 424 g/mol. The van der Waals surface area contributed by atoms with Crippen LogP contribution >= 0.6 is 11.8 Å². The Labute approximate surface area is 177 Å². The zero-order chi connectivity index (χ0) is 21.3. The van der Waals surface area contributed by atoms with Gasteiger partial charge in [0.15, 0.2) is 0 Å². The Hall–Kier alpha value is -3.37. The molecule has 0 aliphatic heterocycles. The molecule has 0 heterocycles. The van der Waals surface area contributed by atoms with Gasteiger partial charge in [0.2, 0.25) is 0 Å². The number of carbonyl (C=O) groups excluding carboxylic acids is 1. The summed E-state index contributed by atoms with van der Waals surface area (Å²) in [6.07, 6.45) is 0.549. The fourth-order valence-electron chi connectivity index (χ4n) is 2.76. The molecule has 3 aromatic carbocycles. The minimum Gasteiger partial charge on any atom is -0.435 e. The highest BCUT2D eigenvalue weighted by molar-refractivity contribution is 7.99. The van der Waals surface area contributed by atoms with E-state index in [4.69, 9.17) is 0 Å². The van der Waals surface area contributed by atoms with Crippen LogP contribution in [0.5, 0.6) is 5.75 Å². The molecule has 1 amide bonds. The van der Waals surface area contributed by atoms with Gasteiger partial charge in [-0.15, -0.1) is 0 Å². The fraction of sp³-hybridized carbons (Fsp3) is 0.130. The largest absolute Gasteiger partial charge is 0.435 e. The molecule has 0 aliphatic rings. The summed E-state index contributed by atoms with van der Waals surface area (Å²) in [6, 6.07) is 22.9. The molecule has 7 heteroatoms. The number of nitrogens with one attached hydrogen (secondary N) is 1. The van der Waals surface area contributed by atoms with Gasteiger partial charge in [-0.05, 0) is 48.4 Å². The third-order valence-electron chi connectivity index (χ3n) is 4.21. The second-order valence-electron chi connectivity index (χ2n) is 6.23. The minimum atomic E-state index is -2.85. The maximum Gasteiger partial charge on any atom is 0.387 e. The van der Waals surface area contributed by atoms with Crippen LogP contribution in [0.2, 0.25) is 0 Å². The number of nitriles is 1. The molecule has 1 N–H and O–H groups in total. The summed E-state index contributed by atoms with van der Waals surface area (Å²) in [5, 5.41) is 12.2. The molecule has 0 aliphatic carbocycles. The second kappa shape index (κ2) is 10.4. The lowest BCUT2D eigenvalue weighted by molar-refractivity contribution is -0.0498. The number of hydrogen-bond donors (Lipinski definition) is 1. The Bertz CT molecular complexity index is 1050. The van der Waals surface area contributed by atoms with Crippen molar-refractivity contribution in [2.24, 2.45) is 0 Å². The Morgan fingerprint density at radius 2 is 1.67 bits per heavy atom. The molecule has 4 nitrogen and oxygen atoms in total. The van der Waals surface area contributed by atoms with Crippen LogP contribution in [0.15, 0.2) is 82.6 Å². The summed E-state index contributed by atoms with van der Waals surface area (Å²) in [7, 11) is 0. The molecule has 0 unspecified atom stereocenters. The van der Waals surface area contributed by atoms with Gasteiger partial charge >= 0.3 is 6.61 Å². The number of rotatable bonds is 8. The lowest BCUT2D eigenvalue weighted by Gasteiger charge is -2.11. The van der Waals surface area contributed by atoms with Crippen LogP contribution in [0, 0.1) is 11.3 Å². The fourth-order valence-corrected chi connectivity index (χ4v) is 3.79. The van der Waals surface area contributed by atoms with Gasteiger partial charge in [-0.25, -0.2) is 0 Å². The topological polar surface area (TPSA) is 62.1 Å². The van der Waals surface area contributed by atoms with Gasteiger partial charge in [0.25, 0.3) is 5.91 Å². The first-order valence-corrected chi connectivity index (χ1v) is 9.96. The average Bonchev–Trinajstić information content (AvgIpc) is 2.75. The van der Waals surface area contributed by atoms with Crippen LogP contribution < -0.4 is 10.1 Å². The Morgan fingerprint density at radius 1 is 1.00 bits per heavy atom. The number of amides is 1. The van der Waals surface area contributed by atoms with E-state index in [1.807, 2.05) is 24.3 Å². The van der Waals surface area contributed by atoms with Crippen LogP contribution in [-0.4, -0.2) is 19.1 Å². The van der Waals surface area contributed by atoms with Crippen molar-refractivity contribution in [1.29, 1.82) is 5.26 Å². The lowest BCUT2D eigenvalue weighted by Crippen LogP contribution is -2.26. The molecule has 30 heavy (non-hydrogen) atoms. The van der Waals surface area contributed by atoms with Crippen molar-refractivity contribution in [3.63, 3.8) is 0 Å². The first kappa shape index (κ1) is 21.3. The first-order chi connectivity index (χ1) is 14.6. The molecule has 0 atom stereocenters. The van der Waals surface area contributed by atoms with Crippen molar-refractivity contribution in [3.8, 4) is 11.8 Å². The van der Waals surface area contributed by atoms with Gasteiger partial charge in [-0.1, -0.05) is 48.2 Å². The Kier molecular flexibility index (Phi) is 7.41. The molecule has 0 radical (unpaired) electrons. The highest BCUT2D eigenvalue weighted by Crippen LogP contribution is 2.32. The van der Waals surface area contributed by atoms with Gasteiger partial charge in [-0.3, -0.25) is 4.79 Å². The molecule has 152 valence electrons. The minimum absolute atomic E-state index is 0.0985. The third kappa shape index (κ3) is 5.82. The summed E-state index contributed by atoms with van der Waals surface area (Å²) in [5.74, 6) is -0.119. The number of alkyl halides is 2. The molecule has 0 spiro atoms. The van der Waals surface area contributed by atoms with E-state index >= 15 is 0 Å². The smallest absolute Gasteiger partial charge is 0.387 e. The number of nitrogens with zero attached hydrogens (tertiary/aromatic N) is 1. The van der Waals surface area contributed by atoms with E-state index in [2.05, 4.69) is 16.1 Å². The molecular formula is C23H18F2N2O2S. The van der Waals surface area contributed by atoms with Crippen molar-refractivity contribution in [2.45, 2.75) is 22.8 Å². The van der Waals surface area contributed by atoms with Crippen molar-refractivity contribution in [3.05, 3.63) is 89.5 Å². The monoisotopic (exact) mass is 424 g/mol. The summed E-state index contributed by atoms with van der Waals surface area (Å²) >= 11 is 1.37. The maximum atomic E-state index is 12.7. The highest BCUT2D eigenvalue weighted by Gasteiger charge is 2.13. The SMILES string of the molecule is N#Cc1ccccc1Sc1ccccc1C(=O)NCCc1ccc(OC(F)F)cc1. The van der Waals surface area contributed by atoms with Crippen molar-refractivity contribution < 1.29 is 18.3 Å². The molecule has 0 aromatic heterocycles. The molecule has 3 aromatic rings. The number of ether oxygens (including phenoxy) is 1. The molecule has 0 fully saturated rings. The Balaban J connectivity index is 1.61. The van der Waals surface area contributed by atoms with Crippen LogP contribution in [0.3, 0.4) is 0 Å². The van der Waals surface area contributed by atoms with Crippen LogP contribution in [-0.2, 0) is 6.42 Å². The zero-order valence-corrected chi connectivity index (χ0v) is 16.7. The summed E-state index contributed by atoms with van der Waals surface area (Å²) < 4.78 is 28.7. The third-order valence-corrected chi connectivity index (χ3v) is 5.36. The summed E-state index contributed by atoms with van der Waals surface area (Å²) in [6.45, 7) is -2.46. The van der Waals surface area contributed by atoms with Crippen LogP contribution in [0.1, 0.15) is 21.5 Å². The zero-order valence-electron chi connectivity index (χ0n) is 15.8. The summed E-state index contributed by atoms with van der Waals surface area (Å²) in [5.41, 5.74) is 1.97. The number of hydrogen-bond acceptors (Lipinski definition) is 4. The molecule has 0 saturated carbocycles. The van der Waals surface area contributed by atoms with Crippen molar-refractivity contribution in [1.82, 2.24) is 5.32 Å². The van der Waals surface area contributed by atoms with E-state index in [-0.39, 0.29) is 11.7 Å². The van der Waals surface area contributed by atoms with Gasteiger partial charge in [0, 0.05) is 16.3 Å². The van der Waals surface area contributed by atoms with E-state index in [9.17, 15) is 18.8 Å². The van der Waals surface area contributed by atoms with Crippen molar-refractivity contribution >= 4 is 17.7 Å².